The third kappa shape index (κ3) is 3.60. The summed E-state index contributed by atoms with van der Waals surface area (Å²) in [5, 5.41) is 0. The van der Waals surface area contributed by atoms with Gasteiger partial charge in [0.1, 0.15) is 22.4 Å². The summed E-state index contributed by atoms with van der Waals surface area (Å²) in [5.74, 6) is 0.183. The Morgan fingerprint density at radius 2 is 1.93 bits per heavy atom. The molecule has 1 aromatic carbocycles. The van der Waals surface area contributed by atoms with E-state index in [0.717, 1.165) is 5.69 Å². The molecule has 3 heterocycles. The third-order valence-corrected chi connectivity index (χ3v) is 7.53. The Labute approximate surface area is 170 Å². The Kier molecular flexibility index (Phi) is 5.26. The summed E-state index contributed by atoms with van der Waals surface area (Å²) < 4.78 is 34.2. The lowest BCUT2D eigenvalue weighted by Crippen LogP contribution is -2.47. The molecule has 2 aromatic rings. The largest absolute Gasteiger partial charge is 0.487 e. The van der Waals surface area contributed by atoms with Gasteiger partial charge in [-0.3, -0.25) is 9.78 Å². The number of aryl methyl sites for hydroxylation is 1. The van der Waals surface area contributed by atoms with Gasteiger partial charge in [-0.15, -0.1) is 0 Å². The fourth-order valence-electron chi connectivity index (χ4n) is 4.03. The molecule has 0 bridgehead atoms. The minimum Gasteiger partial charge on any atom is -0.487 e. The van der Waals surface area contributed by atoms with Crippen LogP contribution in [0.2, 0.25) is 0 Å². The van der Waals surface area contributed by atoms with Crippen molar-refractivity contribution in [3.63, 3.8) is 0 Å². The van der Waals surface area contributed by atoms with Gasteiger partial charge in [-0.1, -0.05) is 19.1 Å². The molecule has 1 amide bonds. The third-order valence-electron chi connectivity index (χ3n) is 5.49. The first-order chi connectivity index (χ1) is 13.9. The lowest BCUT2D eigenvalue weighted by atomic mass is 10.1. The number of amides is 1. The van der Waals surface area contributed by atoms with Gasteiger partial charge in [0, 0.05) is 32.3 Å². The summed E-state index contributed by atoms with van der Waals surface area (Å²) in [7, 11) is -3.67. The van der Waals surface area contributed by atoms with E-state index in [1.54, 1.807) is 35.4 Å². The molecule has 0 unspecified atom stereocenters. The molecule has 4 rings (SSSR count). The number of para-hydroxylation sites is 1. The molecule has 1 aromatic heterocycles. The summed E-state index contributed by atoms with van der Waals surface area (Å²) in [6.45, 7) is 4.89. The quantitative estimate of drug-likeness (QED) is 0.742. The van der Waals surface area contributed by atoms with Crippen molar-refractivity contribution in [3.8, 4) is 5.75 Å². The van der Waals surface area contributed by atoms with Crippen LogP contribution < -0.4 is 4.74 Å². The molecule has 29 heavy (non-hydrogen) atoms. The first-order valence-corrected chi connectivity index (χ1v) is 11.2. The van der Waals surface area contributed by atoms with E-state index < -0.39 is 10.0 Å². The predicted molar refractivity (Wildman–Crippen MR) is 106 cm³/mol. The summed E-state index contributed by atoms with van der Waals surface area (Å²) in [6.07, 6.45) is 3.76. The summed E-state index contributed by atoms with van der Waals surface area (Å²) in [4.78, 5) is 23.1. The van der Waals surface area contributed by atoms with E-state index in [4.69, 9.17) is 4.74 Å². The molecule has 2 aliphatic rings. The molecule has 0 aliphatic carbocycles. The number of fused-ring (bicyclic) bond motifs is 2. The molecule has 8 nitrogen and oxygen atoms in total. The highest BCUT2D eigenvalue weighted by molar-refractivity contribution is 7.89. The number of hydrogen-bond acceptors (Lipinski definition) is 6. The highest BCUT2D eigenvalue weighted by atomic mass is 32.2. The molecular formula is C20H24N4O4S. The van der Waals surface area contributed by atoms with Crippen LogP contribution in [0.3, 0.4) is 0 Å². The molecule has 1 fully saturated rings. The second kappa shape index (κ2) is 7.72. The average molecular weight is 417 g/mol. The maximum Gasteiger partial charge on any atom is 0.274 e. The zero-order valence-corrected chi connectivity index (χ0v) is 17.3. The number of sulfonamides is 1. The lowest BCUT2D eigenvalue weighted by molar-refractivity contribution is 0.0749. The average Bonchev–Trinajstić information content (AvgIpc) is 2.96. The summed E-state index contributed by atoms with van der Waals surface area (Å²) in [5.41, 5.74) is 1.04. The van der Waals surface area contributed by atoms with Crippen LogP contribution in [0.4, 0.5) is 0 Å². The standard InChI is InChI=1S/C20H24N4O4S/c1-3-24-16-8-10-23(20(25)15-13-21-14(2)12-22-15)11-9-17(16)28-18-6-4-5-7-19(18)29(24,26)27/h4-7,12-13,16-17H,3,8-11H2,1-2H3/t16-,17-/m1/s1. The van der Waals surface area contributed by atoms with Gasteiger partial charge in [-0.25, -0.2) is 13.4 Å². The van der Waals surface area contributed by atoms with E-state index in [0.29, 0.717) is 43.9 Å². The fraction of sp³-hybridized carbons (Fsp3) is 0.450. The number of likely N-dealkylation sites (tertiary alicyclic amines) is 1. The van der Waals surface area contributed by atoms with Crippen LogP contribution in [0.15, 0.2) is 41.6 Å². The Bertz CT molecular complexity index is 1010. The number of benzene rings is 1. The van der Waals surface area contributed by atoms with Gasteiger partial charge in [0.15, 0.2) is 0 Å². The number of carbonyl (C=O) groups excluding carboxylic acids is 1. The van der Waals surface area contributed by atoms with Crippen molar-refractivity contribution >= 4 is 15.9 Å². The van der Waals surface area contributed by atoms with Crippen molar-refractivity contribution in [2.45, 2.75) is 43.7 Å². The SMILES string of the molecule is CCN1[C@@H]2CCN(C(=O)c3cnc(C)cn3)CC[C@H]2Oc2ccccc2S1(=O)=O. The van der Waals surface area contributed by atoms with Gasteiger partial charge in [0.25, 0.3) is 5.91 Å². The number of rotatable bonds is 2. The van der Waals surface area contributed by atoms with Crippen LogP contribution >= 0.6 is 0 Å². The zero-order valence-electron chi connectivity index (χ0n) is 16.5. The van der Waals surface area contributed by atoms with Crippen LogP contribution in [-0.4, -0.2) is 65.3 Å². The number of aromatic nitrogens is 2. The number of likely N-dealkylation sites (N-methyl/N-ethyl adjacent to an activating group) is 1. The first kappa shape index (κ1) is 19.8. The monoisotopic (exact) mass is 416 g/mol. The van der Waals surface area contributed by atoms with Crippen molar-refractivity contribution in [3.05, 3.63) is 48.0 Å². The van der Waals surface area contributed by atoms with E-state index >= 15 is 0 Å². The maximum atomic E-state index is 13.2. The maximum absolute atomic E-state index is 13.2. The van der Waals surface area contributed by atoms with Crippen LogP contribution in [0.25, 0.3) is 0 Å². The van der Waals surface area contributed by atoms with Gasteiger partial charge in [-0.05, 0) is 25.5 Å². The van der Waals surface area contributed by atoms with Crippen molar-refractivity contribution in [1.29, 1.82) is 0 Å². The van der Waals surface area contributed by atoms with Crippen LogP contribution in [-0.2, 0) is 10.0 Å². The van der Waals surface area contributed by atoms with Gasteiger partial charge in [0.2, 0.25) is 10.0 Å². The molecule has 2 atom stereocenters. The van der Waals surface area contributed by atoms with E-state index in [-0.39, 0.29) is 22.9 Å². The van der Waals surface area contributed by atoms with Crippen molar-refractivity contribution in [1.82, 2.24) is 19.2 Å². The smallest absolute Gasteiger partial charge is 0.274 e. The topological polar surface area (TPSA) is 92.7 Å². The molecule has 2 aliphatic heterocycles. The normalized spacial score (nSPS) is 23.9. The molecular weight excluding hydrogens is 392 g/mol. The number of nitrogens with zero attached hydrogens (tertiary/aromatic N) is 4. The van der Waals surface area contributed by atoms with Gasteiger partial charge >= 0.3 is 0 Å². The van der Waals surface area contributed by atoms with E-state index in [1.807, 2.05) is 13.8 Å². The van der Waals surface area contributed by atoms with Crippen LogP contribution in [0, 0.1) is 6.92 Å². The second-order valence-electron chi connectivity index (χ2n) is 7.29. The minimum atomic E-state index is -3.67. The fourth-order valence-corrected chi connectivity index (χ4v) is 5.84. The van der Waals surface area contributed by atoms with E-state index in [9.17, 15) is 13.2 Å². The molecule has 1 saturated heterocycles. The molecule has 9 heteroatoms. The van der Waals surface area contributed by atoms with Crippen LogP contribution in [0.5, 0.6) is 5.75 Å². The van der Waals surface area contributed by atoms with E-state index in [2.05, 4.69) is 9.97 Å². The lowest BCUT2D eigenvalue weighted by Gasteiger charge is -2.30. The van der Waals surface area contributed by atoms with E-state index in [1.165, 1.54) is 10.5 Å². The number of ether oxygens (including phenoxy) is 1. The molecule has 154 valence electrons. The van der Waals surface area contributed by atoms with Gasteiger partial charge in [0.05, 0.1) is 17.9 Å². The Balaban J connectivity index is 1.62. The summed E-state index contributed by atoms with van der Waals surface area (Å²) >= 11 is 0. The Morgan fingerprint density at radius 1 is 1.17 bits per heavy atom. The molecule has 0 saturated carbocycles. The predicted octanol–water partition coefficient (Wildman–Crippen LogP) is 1.86. The molecule has 0 spiro atoms. The van der Waals surface area contributed by atoms with Crippen molar-refractivity contribution in [2.24, 2.45) is 0 Å². The Hall–Kier alpha value is -2.52. The zero-order chi connectivity index (χ0) is 20.6. The first-order valence-electron chi connectivity index (χ1n) is 9.77. The van der Waals surface area contributed by atoms with Crippen LogP contribution in [0.1, 0.15) is 35.9 Å². The number of hydrogen-bond donors (Lipinski definition) is 0. The highest BCUT2D eigenvalue weighted by Crippen LogP contribution is 2.36. The second-order valence-corrected chi connectivity index (χ2v) is 9.15. The van der Waals surface area contributed by atoms with Gasteiger partial charge < -0.3 is 9.64 Å². The van der Waals surface area contributed by atoms with Crippen molar-refractivity contribution < 1.29 is 17.9 Å². The van der Waals surface area contributed by atoms with Gasteiger partial charge in [-0.2, -0.15) is 4.31 Å². The minimum absolute atomic E-state index is 0.194. The summed E-state index contributed by atoms with van der Waals surface area (Å²) in [6, 6.07) is 6.42. The highest BCUT2D eigenvalue weighted by Gasteiger charge is 2.43. The molecule has 0 N–H and O–H groups in total. The Morgan fingerprint density at radius 3 is 2.66 bits per heavy atom. The molecule has 0 radical (unpaired) electrons. The number of carbonyl (C=O) groups is 1. The van der Waals surface area contributed by atoms with Crippen molar-refractivity contribution in [2.75, 3.05) is 19.6 Å².